The molecule has 6 aromatic rings. The van der Waals surface area contributed by atoms with Crippen LogP contribution in [-0.2, 0) is 6.42 Å². The molecule has 0 amide bonds. The van der Waals surface area contributed by atoms with E-state index in [0.717, 1.165) is 29.8 Å². The molecule has 0 spiro atoms. The lowest BCUT2D eigenvalue weighted by molar-refractivity contribution is 0.622. The summed E-state index contributed by atoms with van der Waals surface area (Å²) in [5, 5.41) is 0. The van der Waals surface area contributed by atoms with Crippen LogP contribution in [0.3, 0.4) is 0 Å². The van der Waals surface area contributed by atoms with Gasteiger partial charge < -0.3 is 0 Å². The molecule has 45 heavy (non-hydrogen) atoms. The zero-order valence-corrected chi connectivity index (χ0v) is 26.8. The molecule has 224 valence electrons. The fraction of sp³-hybridized carbons (Fsp3) is 0.209. The topological polar surface area (TPSA) is 25.8 Å². The molecule has 0 bridgehead atoms. The average Bonchev–Trinajstić information content (AvgIpc) is 3.08. The van der Waals surface area contributed by atoms with Gasteiger partial charge in [-0.25, -0.2) is 9.97 Å². The Morgan fingerprint density at radius 2 is 0.778 bits per heavy atom. The van der Waals surface area contributed by atoms with Crippen molar-refractivity contribution in [3.05, 3.63) is 145 Å². The zero-order valence-electron chi connectivity index (χ0n) is 26.8. The van der Waals surface area contributed by atoms with E-state index in [-0.39, 0.29) is 0 Å². The van der Waals surface area contributed by atoms with E-state index < -0.39 is 0 Å². The largest absolute Gasteiger partial charge is 0.241 e. The Hall–Kier alpha value is -4.82. The molecule has 0 saturated carbocycles. The Morgan fingerprint density at radius 1 is 0.400 bits per heavy atom. The summed E-state index contributed by atoms with van der Waals surface area (Å²) in [6.07, 6.45) is 11.2. The lowest BCUT2D eigenvalue weighted by Crippen LogP contribution is -1.96. The zero-order chi connectivity index (χ0) is 31.0. The first-order chi connectivity index (χ1) is 22.1. The van der Waals surface area contributed by atoms with Crippen LogP contribution >= 0.6 is 0 Å². The smallest absolute Gasteiger partial charge is 0.128 e. The third kappa shape index (κ3) is 7.64. The molecule has 0 fully saturated rings. The van der Waals surface area contributed by atoms with Crippen molar-refractivity contribution >= 4 is 0 Å². The van der Waals surface area contributed by atoms with Crippen LogP contribution in [0.15, 0.2) is 128 Å². The summed E-state index contributed by atoms with van der Waals surface area (Å²) < 4.78 is 0. The van der Waals surface area contributed by atoms with Crippen molar-refractivity contribution in [1.82, 2.24) is 9.97 Å². The Labute approximate surface area is 268 Å². The fourth-order valence-corrected chi connectivity index (χ4v) is 6.05. The van der Waals surface area contributed by atoms with Gasteiger partial charge in [-0.2, -0.15) is 0 Å². The van der Waals surface area contributed by atoms with E-state index in [4.69, 9.17) is 9.97 Å². The second-order valence-corrected chi connectivity index (χ2v) is 12.3. The molecule has 0 saturated heterocycles. The van der Waals surface area contributed by atoms with Gasteiger partial charge in [0, 0.05) is 24.4 Å². The van der Waals surface area contributed by atoms with Crippen molar-refractivity contribution in [2.45, 2.75) is 59.3 Å². The number of hydrogen-bond acceptors (Lipinski definition) is 2. The summed E-state index contributed by atoms with van der Waals surface area (Å²) >= 11 is 0. The average molecular weight is 587 g/mol. The van der Waals surface area contributed by atoms with E-state index in [0.29, 0.717) is 0 Å². The highest BCUT2D eigenvalue weighted by Crippen LogP contribution is 2.35. The van der Waals surface area contributed by atoms with Gasteiger partial charge in [0.25, 0.3) is 0 Å². The van der Waals surface area contributed by atoms with E-state index in [1.165, 1.54) is 81.3 Å². The van der Waals surface area contributed by atoms with Crippen LogP contribution in [0.4, 0.5) is 0 Å². The molecule has 1 heterocycles. The third-order valence-corrected chi connectivity index (χ3v) is 8.57. The second-order valence-electron chi connectivity index (χ2n) is 12.3. The van der Waals surface area contributed by atoms with Crippen molar-refractivity contribution < 1.29 is 0 Å². The first-order valence-corrected chi connectivity index (χ1v) is 16.4. The van der Waals surface area contributed by atoms with Gasteiger partial charge in [0.15, 0.2) is 0 Å². The highest BCUT2D eigenvalue weighted by atomic mass is 14.9. The van der Waals surface area contributed by atoms with Gasteiger partial charge in [-0.15, -0.1) is 0 Å². The maximum absolute atomic E-state index is 4.79. The molecular weight excluding hydrogens is 544 g/mol. The molecule has 0 unspecified atom stereocenters. The Balaban J connectivity index is 1.39. The summed E-state index contributed by atoms with van der Waals surface area (Å²) in [6, 6.07) is 42.1. The van der Waals surface area contributed by atoms with Gasteiger partial charge in [0.1, 0.15) is 5.82 Å². The van der Waals surface area contributed by atoms with Crippen LogP contribution in [0.5, 0.6) is 0 Å². The number of benzene rings is 5. The van der Waals surface area contributed by atoms with Crippen LogP contribution in [0.25, 0.3) is 55.6 Å². The van der Waals surface area contributed by atoms with Crippen LogP contribution in [0.1, 0.15) is 56.0 Å². The highest BCUT2D eigenvalue weighted by Gasteiger charge is 2.11. The molecular formula is C43H42N2. The molecule has 1 aromatic heterocycles. The summed E-state index contributed by atoms with van der Waals surface area (Å²) in [4.78, 5) is 9.58. The third-order valence-electron chi connectivity index (χ3n) is 8.57. The molecule has 0 aliphatic carbocycles. The number of rotatable bonds is 11. The van der Waals surface area contributed by atoms with Crippen LogP contribution in [-0.4, -0.2) is 9.97 Å². The quantitative estimate of drug-likeness (QED) is 0.141. The fourth-order valence-electron chi connectivity index (χ4n) is 6.05. The predicted molar refractivity (Wildman–Crippen MR) is 191 cm³/mol. The predicted octanol–water partition coefficient (Wildman–Crippen LogP) is 11.9. The van der Waals surface area contributed by atoms with Gasteiger partial charge in [-0.05, 0) is 101 Å². The second kappa shape index (κ2) is 14.3. The Bertz CT molecular complexity index is 1780. The molecule has 6 rings (SSSR count). The van der Waals surface area contributed by atoms with Crippen molar-refractivity contribution in [1.29, 1.82) is 0 Å². The lowest BCUT2D eigenvalue weighted by Gasteiger charge is -2.13. The number of aryl methyl sites for hydroxylation is 3. The monoisotopic (exact) mass is 586 g/mol. The minimum Gasteiger partial charge on any atom is -0.241 e. The molecule has 0 N–H and O–H groups in total. The van der Waals surface area contributed by atoms with E-state index in [2.05, 4.69) is 136 Å². The van der Waals surface area contributed by atoms with Gasteiger partial charge >= 0.3 is 0 Å². The molecule has 0 aliphatic heterocycles. The Morgan fingerprint density at radius 3 is 1.24 bits per heavy atom. The van der Waals surface area contributed by atoms with Crippen molar-refractivity contribution in [3.63, 3.8) is 0 Å². The van der Waals surface area contributed by atoms with Gasteiger partial charge in [0.2, 0.25) is 0 Å². The Kier molecular flexibility index (Phi) is 9.61. The lowest BCUT2D eigenvalue weighted by atomic mass is 9.91. The summed E-state index contributed by atoms with van der Waals surface area (Å²) in [6.45, 7) is 6.55. The number of aromatic nitrogens is 2. The molecule has 0 atom stereocenters. The summed E-state index contributed by atoms with van der Waals surface area (Å²) in [5.41, 5.74) is 14.3. The minimum atomic E-state index is 0.934. The summed E-state index contributed by atoms with van der Waals surface area (Å²) in [7, 11) is 0. The molecule has 0 aliphatic rings. The maximum Gasteiger partial charge on any atom is 0.128 e. The highest BCUT2D eigenvalue weighted by molar-refractivity contribution is 5.84. The SMILES string of the molecule is CCCCCCCc1ncc(-c2cc(-c3cccc(-c4cccc(C)c4)c3)cc(-c3cccc(-c4cccc(C)c4)c3)c2)cn1. The van der Waals surface area contributed by atoms with E-state index in [1.54, 1.807) is 0 Å². The van der Waals surface area contributed by atoms with Crippen molar-refractivity contribution in [2.24, 2.45) is 0 Å². The van der Waals surface area contributed by atoms with Crippen molar-refractivity contribution in [3.8, 4) is 55.6 Å². The van der Waals surface area contributed by atoms with E-state index in [1.807, 2.05) is 12.4 Å². The van der Waals surface area contributed by atoms with E-state index >= 15 is 0 Å². The first-order valence-electron chi connectivity index (χ1n) is 16.4. The standard InChI is InChI=1S/C43H42N2/c1-4-5-6-7-8-21-43-44-29-42(30-45-43)41-27-39(37-19-11-17-35(24-37)33-15-9-13-31(2)22-33)26-40(28-41)38-20-12-18-36(25-38)34-16-10-14-32(3)23-34/h9-20,22-30H,4-8,21H2,1-3H3. The molecule has 5 aromatic carbocycles. The summed E-state index contributed by atoms with van der Waals surface area (Å²) in [5.74, 6) is 0.934. The van der Waals surface area contributed by atoms with E-state index in [9.17, 15) is 0 Å². The van der Waals surface area contributed by atoms with Gasteiger partial charge in [0.05, 0.1) is 0 Å². The van der Waals surface area contributed by atoms with Crippen LogP contribution < -0.4 is 0 Å². The molecule has 2 nitrogen and oxygen atoms in total. The molecule has 0 radical (unpaired) electrons. The van der Waals surface area contributed by atoms with Crippen molar-refractivity contribution in [2.75, 3.05) is 0 Å². The number of nitrogens with zero attached hydrogens (tertiary/aromatic N) is 2. The molecule has 2 heteroatoms. The minimum absolute atomic E-state index is 0.934. The van der Waals surface area contributed by atoms with Crippen LogP contribution in [0.2, 0.25) is 0 Å². The van der Waals surface area contributed by atoms with Gasteiger partial charge in [-0.1, -0.05) is 129 Å². The number of hydrogen-bond donors (Lipinski definition) is 0. The number of unbranched alkanes of at least 4 members (excludes halogenated alkanes) is 4. The normalized spacial score (nSPS) is 11.1. The van der Waals surface area contributed by atoms with Crippen LogP contribution in [0, 0.1) is 13.8 Å². The first kappa shape index (κ1) is 30.2. The maximum atomic E-state index is 4.79. The van der Waals surface area contributed by atoms with Gasteiger partial charge in [-0.3, -0.25) is 0 Å².